The fourth-order valence-electron chi connectivity index (χ4n) is 2.92. The fourth-order valence-corrected chi connectivity index (χ4v) is 3.86. The molecule has 2 N–H and O–H groups in total. The predicted octanol–water partition coefficient (Wildman–Crippen LogP) is 2.84. The molecule has 1 aliphatic heterocycles. The monoisotopic (exact) mass is 364 g/mol. The van der Waals surface area contributed by atoms with Crippen LogP contribution in [0.5, 0.6) is 0 Å². The number of aliphatic carboxylic acids is 1. The van der Waals surface area contributed by atoms with Crippen LogP contribution in [0.2, 0.25) is 0 Å². The molecule has 1 aromatic rings. The highest BCUT2D eigenvalue weighted by molar-refractivity contribution is 8.00. The molecule has 136 valence electrons. The molecule has 1 fully saturated rings. The van der Waals surface area contributed by atoms with Crippen molar-refractivity contribution < 1.29 is 19.5 Å². The molecule has 0 radical (unpaired) electrons. The number of rotatable bonds is 5. The van der Waals surface area contributed by atoms with Gasteiger partial charge in [0.1, 0.15) is 0 Å². The first-order valence-electron chi connectivity index (χ1n) is 8.35. The second-order valence-electron chi connectivity index (χ2n) is 6.42. The maximum absolute atomic E-state index is 12.7. The molecule has 0 spiro atoms. The van der Waals surface area contributed by atoms with Gasteiger partial charge in [0, 0.05) is 30.1 Å². The van der Waals surface area contributed by atoms with Gasteiger partial charge in [0.05, 0.1) is 11.2 Å². The second-order valence-corrected chi connectivity index (χ2v) is 7.83. The molecule has 1 saturated heterocycles. The molecule has 1 aliphatic rings. The lowest BCUT2D eigenvalue weighted by Crippen LogP contribution is -2.49. The van der Waals surface area contributed by atoms with Gasteiger partial charge in [-0.2, -0.15) is 0 Å². The van der Waals surface area contributed by atoms with Gasteiger partial charge < -0.3 is 15.3 Å². The number of benzene rings is 1. The topological polar surface area (TPSA) is 86.7 Å². The van der Waals surface area contributed by atoms with Gasteiger partial charge in [-0.15, -0.1) is 11.8 Å². The van der Waals surface area contributed by atoms with Gasteiger partial charge in [-0.1, -0.05) is 0 Å². The van der Waals surface area contributed by atoms with Crippen LogP contribution < -0.4 is 5.32 Å². The van der Waals surface area contributed by atoms with E-state index in [2.05, 4.69) is 5.32 Å². The number of nitrogens with zero attached hydrogens (tertiary/aromatic N) is 1. The van der Waals surface area contributed by atoms with Crippen molar-refractivity contribution in [3.8, 4) is 0 Å². The average Bonchev–Trinajstić information content (AvgIpc) is 2.55. The molecule has 1 heterocycles. The van der Waals surface area contributed by atoms with E-state index in [1.165, 1.54) is 18.7 Å². The van der Waals surface area contributed by atoms with Crippen LogP contribution in [0.3, 0.4) is 0 Å². The summed E-state index contributed by atoms with van der Waals surface area (Å²) >= 11 is 1.43. The Morgan fingerprint density at radius 2 is 1.88 bits per heavy atom. The lowest BCUT2D eigenvalue weighted by Gasteiger charge is -2.37. The number of carboxylic acid groups (broad SMARTS) is 1. The van der Waals surface area contributed by atoms with Gasteiger partial charge in [0.25, 0.3) is 0 Å². The van der Waals surface area contributed by atoms with E-state index in [1.807, 2.05) is 26.0 Å². The van der Waals surface area contributed by atoms with Crippen LogP contribution in [0.15, 0.2) is 29.2 Å². The standard InChI is InChI=1S/C18H24N2O4S/c1-11-4-5-14(18(23)24)10-20(11)17(22)12(2)25-16-8-6-15(7-9-16)19-13(3)21/h6-9,11-12,14H,4-5,10H2,1-3H3,(H,19,21)(H,23,24). The maximum atomic E-state index is 12.7. The Balaban J connectivity index is 1.99. The number of hydrogen-bond acceptors (Lipinski definition) is 4. The van der Waals surface area contributed by atoms with Crippen LogP contribution in [0, 0.1) is 5.92 Å². The molecular formula is C18H24N2O4S. The van der Waals surface area contributed by atoms with Gasteiger partial charge in [-0.3, -0.25) is 14.4 Å². The Bertz CT molecular complexity index is 647. The third-order valence-corrected chi connectivity index (χ3v) is 5.45. The summed E-state index contributed by atoms with van der Waals surface area (Å²) in [6, 6.07) is 7.38. The first-order valence-corrected chi connectivity index (χ1v) is 9.23. The zero-order valence-electron chi connectivity index (χ0n) is 14.7. The first-order chi connectivity index (χ1) is 11.8. The zero-order chi connectivity index (χ0) is 18.6. The quantitative estimate of drug-likeness (QED) is 0.785. The van der Waals surface area contributed by atoms with E-state index >= 15 is 0 Å². The minimum absolute atomic E-state index is 0.0330. The van der Waals surface area contributed by atoms with Crippen LogP contribution in [0.25, 0.3) is 0 Å². The van der Waals surface area contributed by atoms with E-state index in [0.717, 1.165) is 4.90 Å². The maximum Gasteiger partial charge on any atom is 0.308 e. The Hall–Kier alpha value is -2.02. The van der Waals surface area contributed by atoms with E-state index in [9.17, 15) is 19.5 Å². The molecule has 25 heavy (non-hydrogen) atoms. The molecule has 1 aromatic carbocycles. The summed E-state index contributed by atoms with van der Waals surface area (Å²) in [5.41, 5.74) is 0.713. The van der Waals surface area contributed by atoms with Crippen LogP contribution in [-0.4, -0.2) is 45.6 Å². The highest BCUT2D eigenvalue weighted by Crippen LogP contribution is 2.29. The molecule has 0 aliphatic carbocycles. The smallest absolute Gasteiger partial charge is 0.308 e. The Morgan fingerprint density at radius 1 is 1.24 bits per heavy atom. The van der Waals surface area contributed by atoms with E-state index < -0.39 is 11.9 Å². The summed E-state index contributed by atoms with van der Waals surface area (Å²) in [5.74, 6) is -1.47. The lowest BCUT2D eigenvalue weighted by atomic mass is 9.93. The fraction of sp³-hybridized carbons (Fsp3) is 0.500. The third-order valence-electron chi connectivity index (χ3n) is 4.35. The predicted molar refractivity (Wildman–Crippen MR) is 97.6 cm³/mol. The van der Waals surface area contributed by atoms with Crippen molar-refractivity contribution in [2.75, 3.05) is 11.9 Å². The van der Waals surface area contributed by atoms with Gasteiger partial charge in [-0.25, -0.2) is 0 Å². The number of carboxylic acids is 1. The number of hydrogen-bond donors (Lipinski definition) is 2. The highest BCUT2D eigenvalue weighted by atomic mass is 32.2. The minimum atomic E-state index is -0.835. The molecule has 7 heteroatoms. The molecule has 6 nitrogen and oxygen atoms in total. The number of carbonyl (C=O) groups is 3. The van der Waals surface area contributed by atoms with Crippen LogP contribution in [0.1, 0.15) is 33.6 Å². The van der Waals surface area contributed by atoms with Crippen LogP contribution >= 0.6 is 11.8 Å². The number of thioether (sulfide) groups is 1. The largest absolute Gasteiger partial charge is 0.481 e. The molecule has 3 unspecified atom stereocenters. The van der Waals surface area contributed by atoms with Crippen LogP contribution in [-0.2, 0) is 14.4 Å². The summed E-state index contributed by atoms with van der Waals surface area (Å²) in [4.78, 5) is 37.6. The normalized spacial score (nSPS) is 21.5. The van der Waals surface area contributed by atoms with Crippen molar-refractivity contribution in [3.05, 3.63) is 24.3 Å². The van der Waals surface area contributed by atoms with Gasteiger partial charge in [-0.05, 0) is 51.0 Å². The zero-order valence-corrected chi connectivity index (χ0v) is 15.5. The first kappa shape index (κ1) is 19.3. The summed E-state index contributed by atoms with van der Waals surface area (Å²) in [5, 5.41) is 11.6. The Labute approximate surface area is 152 Å². The molecule has 0 bridgehead atoms. The Kier molecular flexibility index (Phi) is 6.47. The van der Waals surface area contributed by atoms with E-state index in [1.54, 1.807) is 17.0 Å². The molecule has 2 rings (SSSR count). The summed E-state index contributed by atoms with van der Waals surface area (Å²) < 4.78 is 0. The second kappa shape index (κ2) is 8.38. The van der Waals surface area contributed by atoms with Gasteiger partial charge >= 0.3 is 5.97 Å². The van der Waals surface area contributed by atoms with E-state index in [4.69, 9.17) is 0 Å². The number of anilines is 1. The van der Waals surface area contributed by atoms with Gasteiger partial charge in [0.15, 0.2) is 0 Å². The van der Waals surface area contributed by atoms with Crippen molar-refractivity contribution in [3.63, 3.8) is 0 Å². The number of amides is 2. The number of nitrogens with one attached hydrogen (secondary N) is 1. The van der Waals surface area contributed by atoms with Crippen molar-refractivity contribution in [1.82, 2.24) is 4.90 Å². The molecule has 0 saturated carbocycles. The highest BCUT2D eigenvalue weighted by Gasteiger charge is 2.34. The molecular weight excluding hydrogens is 340 g/mol. The molecule has 3 atom stereocenters. The molecule has 0 aromatic heterocycles. The summed E-state index contributed by atoms with van der Waals surface area (Å²) in [6.07, 6.45) is 1.33. The summed E-state index contributed by atoms with van der Waals surface area (Å²) in [6.45, 7) is 5.54. The third kappa shape index (κ3) is 5.22. The molecule has 2 amide bonds. The van der Waals surface area contributed by atoms with E-state index in [-0.39, 0.29) is 29.7 Å². The van der Waals surface area contributed by atoms with Crippen molar-refractivity contribution in [2.45, 2.75) is 49.8 Å². The van der Waals surface area contributed by atoms with E-state index in [0.29, 0.717) is 18.5 Å². The minimum Gasteiger partial charge on any atom is -0.481 e. The number of piperidine rings is 1. The number of carbonyl (C=O) groups excluding carboxylic acids is 2. The SMILES string of the molecule is CC(=O)Nc1ccc(SC(C)C(=O)N2CC(C(=O)O)CCC2C)cc1. The number of likely N-dealkylation sites (tertiary alicyclic amines) is 1. The Morgan fingerprint density at radius 3 is 2.44 bits per heavy atom. The van der Waals surface area contributed by atoms with Crippen LogP contribution in [0.4, 0.5) is 5.69 Å². The van der Waals surface area contributed by atoms with Crippen molar-refractivity contribution >= 4 is 35.2 Å². The lowest BCUT2D eigenvalue weighted by molar-refractivity contribution is -0.147. The van der Waals surface area contributed by atoms with Gasteiger partial charge in [0.2, 0.25) is 11.8 Å². The van der Waals surface area contributed by atoms with Crippen molar-refractivity contribution in [1.29, 1.82) is 0 Å². The summed E-state index contributed by atoms with van der Waals surface area (Å²) in [7, 11) is 0. The average molecular weight is 364 g/mol. The van der Waals surface area contributed by atoms with Crippen molar-refractivity contribution in [2.24, 2.45) is 5.92 Å².